The minimum atomic E-state index is 0.634. The van der Waals surface area contributed by atoms with Gasteiger partial charge in [-0.3, -0.25) is 0 Å². The zero-order valence-electron chi connectivity index (χ0n) is 11.1. The fraction of sp³-hybridized carbons (Fsp3) is 1.00. The topological polar surface area (TPSA) is 15.3 Å². The molecule has 1 fully saturated rings. The molecule has 1 aliphatic carbocycles. The highest BCUT2D eigenvalue weighted by Gasteiger charge is 2.25. The molecule has 1 rings (SSSR count). The molecule has 0 aromatic heterocycles. The van der Waals surface area contributed by atoms with Crippen LogP contribution in [0.5, 0.6) is 0 Å². The van der Waals surface area contributed by atoms with Crippen molar-refractivity contribution in [1.29, 1.82) is 0 Å². The summed E-state index contributed by atoms with van der Waals surface area (Å²) in [7, 11) is 4.30. The van der Waals surface area contributed by atoms with Crippen molar-refractivity contribution in [3.8, 4) is 0 Å². The van der Waals surface area contributed by atoms with Gasteiger partial charge < -0.3 is 10.2 Å². The Morgan fingerprint density at radius 2 is 1.93 bits per heavy atom. The summed E-state index contributed by atoms with van der Waals surface area (Å²) in [6.07, 6.45) is 4.18. The molecule has 1 N–H and O–H groups in total. The van der Waals surface area contributed by atoms with Crippen molar-refractivity contribution in [2.45, 2.75) is 52.1 Å². The molecule has 1 aliphatic rings. The monoisotopic (exact) mass is 212 g/mol. The number of likely N-dealkylation sites (N-methyl/N-ethyl adjacent to an activating group) is 1. The Morgan fingerprint density at radius 3 is 2.53 bits per heavy atom. The van der Waals surface area contributed by atoms with E-state index in [1.54, 1.807) is 0 Å². The van der Waals surface area contributed by atoms with Gasteiger partial charge >= 0.3 is 0 Å². The Hall–Kier alpha value is -0.0800. The van der Waals surface area contributed by atoms with Gasteiger partial charge in [-0.05, 0) is 45.7 Å². The molecule has 0 heterocycles. The van der Waals surface area contributed by atoms with Gasteiger partial charge in [-0.2, -0.15) is 0 Å². The second-order valence-corrected chi connectivity index (χ2v) is 5.72. The summed E-state index contributed by atoms with van der Waals surface area (Å²) >= 11 is 0. The Bertz CT molecular complexity index is 179. The first kappa shape index (κ1) is 13.0. The SMILES string of the molecule is CC1CCC(C)C(NCC(C)N(C)C)C1. The van der Waals surface area contributed by atoms with Gasteiger partial charge in [-0.1, -0.05) is 20.3 Å². The van der Waals surface area contributed by atoms with Crippen LogP contribution in [0, 0.1) is 11.8 Å². The van der Waals surface area contributed by atoms with Crippen molar-refractivity contribution in [2.24, 2.45) is 11.8 Å². The molecule has 0 spiro atoms. The van der Waals surface area contributed by atoms with Gasteiger partial charge in [0.2, 0.25) is 0 Å². The van der Waals surface area contributed by atoms with Gasteiger partial charge in [0.15, 0.2) is 0 Å². The molecule has 2 nitrogen and oxygen atoms in total. The fourth-order valence-corrected chi connectivity index (χ4v) is 2.32. The van der Waals surface area contributed by atoms with E-state index < -0.39 is 0 Å². The Balaban J connectivity index is 2.30. The van der Waals surface area contributed by atoms with Crippen molar-refractivity contribution in [3.63, 3.8) is 0 Å². The Kier molecular flexibility index (Phi) is 5.07. The Labute approximate surface area is 95.4 Å². The number of hydrogen-bond donors (Lipinski definition) is 1. The Morgan fingerprint density at radius 1 is 1.27 bits per heavy atom. The predicted molar refractivity (Wildman–Crippen MR) is 67.1 cm³/mol. The quantitative estimate of drug-likeness (QED) is 0.769. The largest absolute Gasteiger partial charge is 0.312 e. The molecule has 0 aliphatic heterocycles. The van der Waals surface area contributed by atoms with Crippen molar-refractivity contribution < 1.29 is 0 Å². The molecule has 1 saturated carbocycles. The minimum Gasteiger partial charge on any atom is -0.312 e. The van der Waals surface area contributed by atoms with E-state index in [4.69, 9.17) is 0 Å². The van der Waals surface area contributed by atoms with Crippen LogP contribution in [-0.2, 0) is 0 Å². The highest BCUT2D eigenvalue weighted by atomic mass is 15.1. The zero-order valence-corrected chi connectivity index (χ0v) is 11.1. The van der Waals surface area contributed by atoms with Gasteiger partial charge in [0.25, 0.3) is 0 Å². The molecule has 4 unspecified atom stereocenters. The number of nitrogens with one attached hydrogen (secondary N) is 1. The maximum atomic E-state index is 3.74. The van der Waals surface area contributed by atoms with Crippen LogP contribution in [0.3, 0.4) is 0 Å². The van der Waals surface area contributed by atoms with Gasteiger partial charge in [-0.25, -0.2) is 0 Å². The number of hydrogen-bond acceptors (Lipinski definition) is 2. The van der Waals surface area contributed by atoms with Crippen LogP contribution in [0.1, 0.15) is 40.0 Å². The maximum absolute atomic E-state index is 3.74. The summed E-state index contributed by atoms with van der Waals surface area (Å²) in [5.41, 5.74) is 0. The number of nitrogens with zero attached hydrogens (tertiary/aromatic N) is 1. The third-order valence-electron chi connectivity index (χ3n) is 4.01. The van der Waals surface area contributed by atoms with Crippen LogP contribution >= 0.6 is 0 Å². The summed E-state index contributed by atoms with van der Waals surface area (Å²) in [6.45, 7) is 8.18. The normalized spacial score (nSPS) is 34.4. The van der Waals surface area contributed by atoms with E-state index >= 15 is 0 Å². The first-order valence-electron chi connectivity index (χ1n) is 6.40. The molecule has 0 bridgehead atoms. The standard InChI is InChI=1S/C13H28N2/c1-10-6-7-11(2)13(8-10)14-9-12(3)15(4)5/h10-14H,6-9H2,1-5H3. The van der Waals surface area contributed by atoms with Gasteiger partial charge in [0.05, 0.1) is 0 Å². The van der Waals surface area contributed by atoms with Crippen molar-refractivity contribution in [2.75, 3.05) is 20.6 Å². The molecular weight excluding hydrogens is 184 g/mol. The summed E-state index contributed by atoms with van der Waals surface area (Å²) in [6, 6.07) is 1.38. The average molecular weight is 212 g/mol. The van der Waals surface area contributed by atoms with E-state index in [1.807, 2.05) is 0 Å². The van der Waals surface area contributed by atoms with Crippen LogP contribution in [0.2, 0.25) is 0 Å². The summed E-state index contributed by atoms with van der Waals surface area (Å²) in [4.78, 5) is 2.28. The lowest BCUT2D eigenvalue weighted by atomic mass is 9.80. The van der Waals surface area contributed by atoms with Crippen molar-refractivity contribution in [1.82, 2.24) is 10.2 Å². The van der Waals surface area contributed by atoms with Crippen LogP contribution in [0.4, 0.5) is 0 Å². The van der Waals surface area contributed by atoms with E-state index in [2.05, 4.69) is 45.1 Å². The van der Waals surface area contributed by atoms with Crippen molar-refractivity contribution >= 4 is 0 Å². The van der Waals surface area contributed by atoms with Crippen LogP contribution in [0.15, 0.2) is 0 Å². The first-order chi connectivity index (χ1) is 7.00. The highest BCUT2D eigenvalue weighted by molar-refractivity contribution is 4.82. The van der Waals surface area contributed by atoms with E-state index in [1.165, 1.54) is 19.3 Å². The number of rotatable bonds is 4. The van der Waals surface area contributed by atoms with Gasteiger partial charge in [-0.15, -0.1) is 0 Å². The van der Waals surface area contributed by atoms with E-state index in [0.717, 1.165) is 24.4 Å². The molecule has 2 heteroatoms. The lowest BCUT2D eigenvalue weighted by Gasteiger charge is -2.35. The lowest BCUT2D eigenvalue weighted by molar-refractivity contribution is 0.209. The molecule has 4 atom stereocenters. The van der Waals surface area contributed by atoms with E-state index in [0.29, 0.717) is 6.04 Å². The summed E-state index contributed by atoms with van der Waals surface area (Å²) < 4.78 is 0. The molecular formula is C13H28N2. The molecule has 0 aromatic rings. The zero-order chi connectivity index (χ0) is 11.4. The third-order valence-corrected chi connectivity index (χ3v) is 4.01. The molecule has 0 aromatic carbocycles. The smallest absolute Gasteiger partial charge is 0.0186 e. The average Bonchev–Trinajstić information content (AvgIpc) is 2.18. The van der Waals surface area contributed by atoms with Gasteiger partial charge in [0.1, 0.15) is 0 Å². The van der Waals surface area contributed by atoms with E-state index in [-0.39, 0.29) is 0 Å². The van der Waals surface area contributed by atoms with Gasteiger partial charge in [0, 0.05) is 18.6 Å². The fourth-order valence-electron chi connectivity index (χ4n) is 2.32. The van der Waals surface area contributed by atoms with Crippen LogP contribution in [-0.4, -0.2) is 37.6 Å². The molecule has 0 saturated heterocycles. The minimum absolute atomic E-state index is 0.634. The summed E-state index contributed by atoms with van der Waals surface area (Å²) in [5, 5.41) is 3.74. The van der Waals surface area contributed by atoms with Crippen molar-refractivity contribution in [3.05, 3.63) is 0 Å². The van der Waals surface area contributed by atoms with E-state index in [9.17, 15) is 0 Å². The molecule has 90 valence electrons. The molecule has 0 radical (unpaired) electrons. The predicted octanol–water partition coefficient (Wildman–Crippen LogP) is 2.35. The van der Waals surface area contributed by atoms with Crippen LogP contribution < -0.4 is 5.32 Å². The first-order valence-corrected chi connectivity index (χ1v) is 6.40. The third kappa shape index (κ3) is 4.12. The summed E-state index contributed by atoms with van der Waals surface area (Å²) in [5.74, 6) is 1.77. The highest BCUT2D eigenvalue weighted by Crippen LogP contribution is 2.28. The molecule has 0 amide bonds. The lowest BCUT2D eigenvalue weighted by Crippen LogP contribution is -2.45. The second kappa shape index (κ2) is 5.86. The maximum Gasteiger partial charge on any atom is 0.0186 e. The van der Waals surface area contributed by atoms with Crippen LogP contribution in [0.25, 0.3) is 0 Å². The second-order valence-electron chi connectivity index (χ2n) is 5.72. The molecule has 15 heavy (non-hydrogen) atoms.